The molecule has 0 fully saturated rings. The Hall–Kier alpha value is 2.25. The Bertz CT molecular complexity index is 6.00. The second-order valence-electron chi connectivity index (χ2n) is 0. The summed E-state index contributed by atoms with van der Waals surface area (Å²) in [6.45, 7) is 0. The van der Waals surface area contributed by atoms with E-state index in [9.17, 15) is 0 Å². The molecule has 0 aliphatic heterocycles. The summed E-state index contributed by atoms with van der Waals surface area (Å²) in [4.78, 5) is 0. The average molecular weight is 99.4 g/mol. The molecule has 4 heteroatoms. The molecule has 1 nitrogen and oxygen atoms in total. The van der Waals surface area contributed by atoms with Gasteiger partial charge in [0.25, 0.3) is 0 Å². The Morgan fingerprint density at radius 3 is 0.750 bits per heavy atom. The van der Waals surface area contributed by atoms with Crippen molar-refractivity contribution in [2.24, 2.45) is 0 Å². The van der Waals surface area contributed by atoms with E-state index in [0.717, 1.165) is 0 Å². The molecule has 0 bridgehead atoms. The van der Waals surface area contributed by atoms with E-state index >= 15 is 0 Å². The fourth-order valence-corrected chi connectivity index (χ4v) is 0. The van der Waals surface area contributed by atoms with Crippen molar-refractivity contribution in [1.29, 1.82) is 0 Å². The minimum absolute atomic E-state index is 0. The summed E-state index contributed by atoms with van der Waals surface area (Å²) in [5.41, 5.74) is 0. The molecule has 0 aliphatic carbocycles. The monoisotopic (exact) mass is 99.0 g/mol. The maximum Gasteiger partial charge on any atom is 1.00 e. The molecule has 0 radical (unpaired) electrons. The van der Waals surface area contributed by atoms with Gasteiger partial charge in [0, 0.05) is 0 Å². The van der Waals surface area contributed by atoms with Crippen molar-refractivity contribution in [1.82, 2.24) is 0 Å². The molecule has 16 valence electrons. The number of hydrogen-bond acceptors (Lipinski definition) is 1. The minimum Gasteiger partial charge on any atom is -0.870 e. The Balaban J connectivity index is 0. The van der Waals surface area contributed by atoms with Crippen molar-refractivity contribution in [2.75, 3.05) is 0 Å². The second-order valence-corrected chi connectivity index (χ2v) is 0. The summed E-state index contributed by atoms with van der Waals surface area (Å²) >= 11 is 0. The van der Waals surface area contributed by atoms with Crippen LogP contribution in [0.15, 0.2) is 0 Å². The van der Waals surface area contributed by atoms with Crippen LogP contribution in [0.3, 0.4) is 0 Å². The van der Waals surface area contributed by atoms with Crippen LogP contribution in [0.25, 0.3) is 0 Å². The molecule has 0 heterocycles. The van der Waals surface area contributed by atoms with Crippen molar-refractivity contribution in [3.05, 3.63) is 0 Å². The van der Waals surface area contributed by atoms with Gasteiger partial charge in [-0.2, -0.15) is 0 Å². The molecule has 0 atom stereocenters. The summed E-state index contributed by atoms with van der Waals surface area (Å²) in [7, 11) is 0. The Morgan fingerprint density at radius 2 is 0.750 bits per heavy atom. The molecule has 0 unspecified atom stereocenters. The number of hydrogen-bond donors (Lipinski definition) is 0. The number of halogens is 1. The zero-order valence-electron chi connectivity index (χ0n) is 2.86. The van der Waals surface area contributed by atoms with Crippen molar-refractivity contribution in [2.45, 2.75) is 0 Å². The Kier molecular flexibility index (Phi) is 159. The molecule has 4 heavy (non-hydrogen) atoms. The zero-order valence-corrected chi connectivity index (χ0v) is 7.67. The zero-order chi connectivity index (χ0) is 0. The van der Waals surface area contributed by atoms with Crippen LogP contribution in [-0.2, 0) is 0 Å². The molecule has 0 aromatic carbocycles. The molecule has 0 saturated carbocycles. The molecule has 0 spiro atoms. The summed E-state index contributed by atoms with van der Waals surface area (Å²) in [6.07, 6.45) is 0. The summed E-state index contributed by atoms with van der Waals surface area (Å²) in [6, 6.07) is 0. The van der Waals surface area contributed by atoms with Crippen molar-refractivity contribution in [3.8, 4) is 0 Å². The quantitative estimate of drug-likeness (QED) is 0.278. The van der Waals surface area contributed by atoms with Crippen LogP contribution in [0.4, 0.5) is 0 Å². The van der Waals surface area contributed by atoms with E-state index in [-0.39, 0.29) is 77.0 Å². The molecule has 0 aromatic rings. The van der Waals surface area contributed by atoms with E-state index in [4.69, 9.17) is 0 Å². The molecular weight excluding hydrogens is 97.4 g/mol. The third-order valence-corrected chi connectivity index (χ3v) is 0. The number of rotatable bonds is 0. The Morgan fingerprint density at radius 1 is 0.750 bits per heavy atom. The van der Waals surface area contributed by atoms with E-state index in [2.05, 4.69) is 0 Å². The molecule has 1 N–H and O–H groups in total. The van der Waals surface area contributed by atoms with Crippen LogP contribution >= 0.6 is 12.4 Å². The maximum atomic E-state index is 0. The topological polar surface area (TPSA) is 30.0 Å². The van der Waals surface area contributed by atoms with Gasteiger partial charge in [0.05, 0.1) is 0 Å². The van der Waals surface area contributed by atoms with Gasteiger partial charge in [-0.05, 0) is 0 Å². The first-order valence-corrected chi connectivity index (χ1v) is 0. The van der Waals surface area contributed by atoms with Gasteiger partial charge >= 0.3 is 59.1 Å². The van der Waals surface area contributed by atoms with Gasteiger partial charge in [-0.1, -0.05) is 0 Å². The molecule has 0 saturated heterocycles. The summed E-state index contributed by atoms with van der Waals surface area (Å²) in [5, 5.41) is 0. The van der Waals surface area contributed by atoms with Gasteiger partial charge in [-0.25, -0.2) is 0 Å². The third kappa shape index (κ3) is 8.87. The summed E-state index contributed by atoms with van der Waals surface area (Å²) in [5.74, 6) is 0. The first-order chi connectivity index (χ1) is 0. The Labute approximate surface area is 75.8 Å². The van der Waals surface area contributed by atoms with Crippen LogP contribution < -0.4 is 59.1 Å². The predicted molar refractivity (Wildman–Crippen MR) is 9.18 cm³/mol. The predicted octanol–water partition coefficient (Wildman–Crippen LogP) is -5.75. The van der Waals surface area contributed by atoms with Gasteiger partial charge in [-0.15, -0.1) is 12.4 Å². The van der Waals surface area contributed by atoms with Gasteiger partial charge in [0.2, 0.25) is 0 Å². The molecule has 0 aliphatic rings. The fraction of sp³-hybridized carbons (Fsp3) is 0. The van der Waals surface area contributed by atoms with E-state index in [1.54, 1.807) is 0 Å². The third-order valence-electron chi connectivity index (χ3n) is 0. The van der Waals surface area contributed by atoms with Gasteiger partial charge < -0.3 is 5.48 Å². The standard InChI is InChI=1S/ClH.2Na.H2O/h1H;;;1H2/q;2*+1;/p-1. The molecule has 0 rings (SSSR count). The molecule has 0 amide bonds. The van der Waals surface area contributed by atoms with Crippen LogP contribution in [0, 0.1) is 0 Å². The first-order valence-electron chi connectivity index (χ1n) is 0. The van der Waals surface area contributed by atoms with E-state index < -0.39 is 0 Å². The molecular formula is H2ClNa2O+. The summed E-state index contributed by atoms with van der Waals surface area (Å²) < 4.78 is 0. The smallest absolute Gasteiger partial charge is 0.870 e. The van der Waals surface area contributed by atoms with Crippen LogP contribution in [0.1, 0.15) is 0 Å². The van der Waals surface area contributed by atoms with Gasteiger partial charge in [0.1, 0.15) is 0 Å². The largest absolute Gasteiger partial charge is 1.00 e. The van der Waals surface area contributed by atoms with E-state index in [1.807, 2.05) is 0 Å². The second kappa shape index (κ2) is 18.7. The first kappa shape index (κ1) is 34.0. The van der Waals surface area contributed by atoms with E-state index in [0.29, 0.717) is 0 Å². The molecule has 0 aromatic heterocycles. The van der Waals surface area contributed by atoms with E-state index in [1.165, 1.54) is 0 Å². The minimum atomic E-state index is 0. The maximum absolute atomic E-state index is 0. The average Bonchev–Trinajstić information content (AvgIpc) is 0. The SMILES string of the molecule is Cl.[Na+].[Na+].[OH-]. The van der Waals surface area contributed by atoms with Gasteiger partial charge in [-0.3, -0.25) is 0 Å². The normalized spacial score (nSPS) is 0. The van der Waals surface area contributed by atoms with Crippen LogP contribution in [-0.4, -0.2) is 5.48 Å². The van der Waals surface area contributed by atoms with Crippen molar-refractivity contribution < 1.29 is 64.6 Å². The van der Waals surface area contributed by atoms with Crippen LogP contribution in [0.2, 0.25) is 0 Å². The van der Waals surface area contributed by atoms with Crippen molar-refractivity contribution >= 4 is 12.4 Å². The fourth-order valence-electron chi connectivity index (χ4n) is 0. The van der Waals surface area contributed by atoms with Crippen LogP contribution in [0.5, 0.6) is 0 Å². The van der Waals surface area contributed by atoms with Crippen molar-refractivity contribution in [3.63, 3.8) is 0 Å². The van der Waals surface area contributed by atoms with Gasteiger partial charge in [0.15, 0.2) is 0 Å².